The summed E-state index contributed by atoms with van der Waals surface area (Å²) in [6.07, 6.45) is 4.25. The summed E-state index contributed by atoms with van der Waals surface area (Å²) in [5, 5.41) is 0. The van der Waals surface area contributed by atoms with Crippen LogP contribution in [-0.2, 0) is 22.9 Å². The average molecular weight is 409 g/mol. The Labute approximate surface area is 164 Å². The van der Waals surface area contributed by atoms with Crippen LogP contribution in [0.5, 0.6) is 5.75 Å². The first-order chi connectivity index (χ1) is 12.8. The number of benzene rings is 1. The molecule has 3 rings (SSSR count). The number of amides is 1. The lowest BCUT2D eigenvalue weighted by molar-refractivity contribution is 0.0949. The zero-order valence-electron chi connectivity index (χ0n) is 15.7. The van der Waals surface area contributed by atoms with E-state index in [1.54, 1.807) is 19.1 Å². The zero-order valence-corrected chi connectivity index (χ0v) is 17.3. The van der Waals surface area contributed by atoms with Gasteiger partial charge in [-0.1, -0.05) is 19.4 Å². The molecule has 0 saturated heterocycles. The van der Waals surface area contributed by atoms with Crippen LogP contribution in [-0.4, -0.2) is 21.4 Å². The Morgan fingerprint density at radius 2 is 2.11 bits per heavy atom. The van der Waals surface area contributed by atoms with Crippen molar-refractivity contribution in [3.05, 3.63) is 45.1 Å². The number of methoxy groups -OCH3 is 1. The Morgan fingerprint density at radius 1 is 1.33 bits per heavy atom. The summed E-state index contributed by atoms with van der Waals surface area (Å²) >= 11 is 1.44. The highest BCUT2D eigenvalue weighted by Crippen LogP contribution is 2.33. The molecule has 1 atom stereocenters. The molecule has 0 bridgehead atoms. The number of hydrazine groups is 1. The van der Waals surface area contributed by atoms with E-state index in [9.17, 15) is 13.2 Å². The average Bonchev–Trinajstić information content (AvgIpc) is 3.09. The molecular formula is C19H24N2O4S2. The first-order valence-electron chi connectivity index (χ1n) is 8.92. The highest BCUT2D eigenvalue weighted by Gasteiger charge is 2.24. The second-order valence-electron chi connectivity index (χ2n) is 6.79. The van der Waals surface area contributed by atoms with Gasteiger partial charge in [-0.05, 0) is 61.4 Å². The summed E-state index contributed by atoms with van der Waals surface area (Å²) in [6, 6.07) is 6.74. The lowest BCUT2D eigenvalue weighted by atomic mass is 9.87. The number of sulfonamides is 1. The molecule has 0 saturated carbocycles. The molecule has 1 aromatic heterocycles. The van der Waals surface area contributed by atoms with E-state index in [0.717, 1.165) is 31.2 Å². The number of thiophene rings is 1. The van der Waals surface area contributed by atoms with Gasteiger partial charge < -0.3 is 4.74 Å². The fourth-order valence-electron chi connectivity index (χ4n) is 3.28. The number of ether oxygens (including phenoxy) is 1. The topological polar surface area (TPSA) is 84.5 Å². The smallest absolute Gasteiger partial charge is 0.276 e. The SMILES string of the molecule is CC[C@@H]1CCc2sc(C(=O)NNS(=O)(=O)c3cc(C)ccc3OC)cc2C1. The van der Waals surface area contributed by atoms with Crippen LogP contribution in [0.15, 0.2) is 29.2 Å². The van der Waals surface area contributed by atoms with Crippen molar-refractivity contribution in [1.29, 1.82) is 0 Å². The molecule has 1 aliphatic rings. The Bertz CT molecular complexity index is 951. The van der Waals surface area contributed by atoms with Crippen LogP contribution in [0, 0.1) is 12.8 Å². The van der Waals surface area contributed by atoms with Crippen molar-refractivity contribution in [2.24, 2.45) is 5.92 Å². The Balaban J connectivity index is 1.72. The molecule has 0 spiro atoms. The van der Waals surface area contributed by atoms with E-state index < -0.39 is 15.9 Å². The number of fused-ring (bicyclic) bond motifs is 1. The van der Waals surface area contributed by atoms with Crippen LogP contribution < -0.4 is 15.0 Å². The lowest BCUT2D eigenvalue weighted by Gasteiger charge is -2.19. The minimum absolute atomic E-state index is 0.0124. The molecule has 0 fully saturated rings. The second kappa shape index (κ2) is 8.00. The molecule has 27 heavy (non-hydrogen) atoms. The minimum atomic E-state index is -3.95. The second-order valence-corrected chi connectivity index (χ2v) is 9.58. The fourth-order valence-corrected chi connectivity index (χ4v) is 5.48. The van der Waals surface area contributed by atoms with Gasteiger partial charge in [0.1, 0.15) is 10.6 Å². The van der Waals surface area contributed by atoms with E-state index in [1.807, 2.05) is 6.07 Å². The quantitative estimate of drug-likeness (QED) is 0.719. The van der Waals surface area contributed by atoms with Crippen molar-refractivity contribution < 1.29 is 17.9 Å². The highest BCUT2D eigenvalue weighted by molar-refractivity contribution is 7.89. The first kappa shape index (κ1) is 19.9. The summed E-state index contributed by atoms with van der Waals surface area (Å²) < 4.78 is 30.3. The molecule has 1 aliphatic carbocycles. The standard InChI is InChI=1S/C19H24N2O4S2/c1-4-13-6-8-16-14(10-13)11-17(26-16)19(22)20-21-27(23,24)18-9-12(2)5-7-15(18)25-3/h5,7,9,11,13,21H,4,6,8,10H2,1-3H3,(H,20,22)/t13-/m1/s1. The molecule has 0 radical (unpaired) electrons. The Morgan fingerprint density at radius 3 is 2.81 bits per heavy atom. The largest absolute Gasteiger partial charge is 0.495 e. The third-order valence-electron chi connectivity index (χ3n) is 4.89. The maximum absolute atomic E-state index is 12.6. The van der Waals surface area contributed by atoms with Crippen molar-refractivity contribution in [2.75, 3.05) is 7.11 Å². The monoisotopic (exact) mass is 408 g/mol. The van der Waals surface area contributed by atoms with Crippen molar-refractivity contribution >= 4 is 27.3 Å². The van der Waals surface area contributed by atoms with Crippen molar-refractivity contribution in [2.45, 2.75) is 44.4 Å². The molecule has 146 valence electrons. The zero-order chi connectivity index (χ0) is 19.6. The van der Waals surface area contributed by atoms with Crippen LogP contribution in [0.3, 0.4) is 0 Å². The summed E-state index contributed by atoms with van der Waals surface area (Å²) in [5.41, 5.74) is 4.31. The van der Waals surface area contributed by atoms with Crippen LogP contribution >= 0.6 is 11.3 Å². The Hall–Kier alpha value is -1.90. The third kappa shape index (κ3) is 4.34. The van der Waals surface area contributed by atoms with Crippen LogP contribution in [0.4, 0.5) is 0 Å². The summed E-state index contributed by atoms with van der Waals surface area (Å²) in [5.74, 6) is 0.437. The van der Waals surface area contributed by atoms with Gasteiger partial charge in [-0.3, -0.25) is 10.2 Å². The van der Waals surface area contributed by atoms with Crippen molar-refractivity contribution in [3.63, 3.8) is 0 Å². The van der Waals surface area contributed by atoms with Gasteiger partial charge in [0.2, 0.25) is 0 Å². The number of rotatable bonds is 6. The molecule has 2 aromatic rings. The number of nitrogens with one attached hydrogen (secondary N) is 2. The van der Waals surface area contributed by atoms with E-state index in [2.05, 4.69) is 17.2 Å². The number of hydrogen-bond donors (Lipinski definition) is 2. The van der Waals surface area contributed by atoms with Crippen molar-refractivity contribution in [1.82, 2.24) is 10.3 Å². The van der Waals surface area contributed by atoms with Gasteiger partial charge in [0.25, 0.3) is 15.9 Å². The molecular weight excluding hydrogens is 384 g/mol. The van der Waals surface area contributed by atoms with Crippen LogP contribution in [0.2, 0.25) is 0 Å². The number of carbonyl (C=O) groups is 1. The van der Waals surface area contributed by atoms with Gasteiger partial charge >= 0.3 is 0 Å². The van der Waals surface area contributed by atoms with Gasteiger partial charge in [0, 0.05) is 4.88 Å². The lowest BCUT2D eigenvalue weighted by Crippen LogP contribution is -2.41. The van der Waals surface area contributed by atoms with Gasteiger partial charge in [-0.2, -0.15) is 0 Å². The molecule has 6 nitrogen and oxygen atoms in total. The van der Waals surface area contributed by atoms with E-state index in [0.29, 0.717) is 10.8 Å². The van der Waals surface area contributed by atoms with Gasteiger partial charge in [-0.25, -0.2) is 8.42 Å². The molecule has 1 aromatic carbocycles. The molecule has 1 amide bonds. The maximum Gasteiger partial charge on any atom is 0.276 e. The molecule has 1 heterocycles. The van der Waals surface area contributed by atoms with E-state index in [-0.39, 0.29) is 10.6 Å². The fraction of sp³-hybridized carbons (Fsp3) is 0.421. The number of aryl methyl sites for hydroxylation is 2. The summed E-state index contributed by atoms with van der Waals surface area (Å²) in [6.45, 7) is 3.97. The van der Waals surface area contributed by atoms with Crippen LogP contribution in [0.25, 0.3) is 0 Å². The van der Waals surface area contributed by atoms with Gasteiger partial charge in [-0.15, -0.1) is 16.2 Å². The number of hydrogen-bond acceptors (Lipinski definition) is 5. The Kier molecular flexibility index (Phi) is 5.88. The predicted octanol–water partition coefficient (Wildman–Crippen LogP) is 3.20. The highest BCUT2D eigenvalue weighted by atomic mass is 32.2. The predicted molar refractivity (Wildman–Crippen MR) is 106 cm³/mol. The normalized spacial score (nSPS) is 16.6. The summed E-state index contributed by atoms with van der Waals surface area (Å²) in [7, 11) is -2.54. The van der Waals surface area contributed by atoms with Crippen LogP contribution in [0.1, 0.15) is 45.4 Å². The van der Waals surface area contributed by atoms with Gasteiger partial charge in [0.05, 0.1) is 12.0 Å². The third-order valence-corrected chi connectivity index (χ3v) is 7.40. The number of carbonyl (C=O) groups excluding carboxylic acids is 1. The molecule has 2 N–H and O–H groups in total. The molecule has 0 aliphatic heterocycles. The first-order valence-corrected chi connectivity index (χ1v) is 11.2. The van der Waals surface area contributed by atoms with Gasteiger partial charge in [0.15, 0.2) is 0 Å². The van der Waals surface area contributed by atoms with Crippen molar-refractivity contribution in [3.8, 4) is 5.75 Å². The molecule has 8 heteroatoms. The van der Waals surface area contributed by atoms with E-state index in [4.69, 9.17) is 4.74 Å². The van der Waals surface area contributed by atoms with E-state index >= 15 is 0 Å². The minimum Gasteiger partial charge on any atom is -0.495 e. The van der Waals surface area contributed by atoms with E-state index in [1.165, 1.54) is 35.0 Å². The molecule has 0 unspecified atom stereocenters. The summed E-state index contributed by atoms with van der Waals surface area (Å²) in [4.78, 5) is 16.4. The maximum atomic E-state index is 12.6.